The zero-order valence-electron chi connectivity index (χ0n) is 22.2. The lowest BCUT2D eigenvalue weighted by atomic mass is 10.1. The third-order valence-electron chi connectivity index (χ3n) is 5.86. The van der Waals surface area contributed by atoms with Crippen molar-refractivity contribution in [3.05, 3.63) is 0 Å². The Bertz CT molecular complexity index is 375. The van der Waals surface area contributed by atoms with Crippen LogP contribution in [0.3, 0.4) is 0 Å². The Morgan fingerprint density at radius 2 is 0.788 bits per heavy atom. The number of hydrogen-bond donors (Lipinski definition) is 0. The van der Waals surface area contributed by atoms with Gasteiger partial charge in [0.1, 0.15) is 6.61 Å². The summed E-state index contributed by atoms with van der Waals surface area (Å²) in [6.07, 6.45) is 22.4. The van der Waals surface area contributed by atoms with Crippen LogP contribution in [0.2, 0.25) is 0 Å². The van der Waals surface area contributed by atoms with Gasteiger partial charge in [0, 0.05) is 13.0 Å². The molecule has 33 heavy (non-hydrogen) atoms. The summed E-state index contributed by atoms with van der Waals surface area (Å²) >= 11 is 0. The maximum absolute atomic E-state index is 11.7. The Morgan fingerprint density at radius 3 is 1.27 bits per heavy atom. The van der Waals surface area contributed by atoms with Crippen LogP contribution in [0.1, 0.15) is 129 Å². The van der Waals surface area contributed by atoms with Gasteiger partial charge in [-0.15, -0.1) is 0 Å². The van der Waals surface area contributed by atoms with E-state index in [1.807, 2.05) is 0 Å². The first-order chi connectivity index (χ1) is 16.3. The van der Waals surface area contributed by atoms with Crippen molar-refractivity contribution >= 4 is 5.97 Å². The second kappa shape index (κ2) is 29.4. The molecule has 0 saturated carbocycles. The van der Waals surface area contributed by atoms with Crippen molar-refractivity contribution in [3.8, 4) is 0 Å². The fourth-order valence-electron chi connectivity index (χ4n) is 3.75. The maximum atomic E-state index is 11.7. The Balaban J connectivity index is 3.10. The van der Waals surface area contributed by atoms with Gasteiger partial charge in [-0.3, -0.25) is 4.79 Å². The summed E-state index contributed by atoms with van der Waals surface area (Å²) in [5.41, 5.74) is 0. The van der Waals surface area contributed by atoms with Gasteiger partial charge in [-0.2, -0.15) is 0 Å². The first-order valence-corrected chi connectivity index (χ1v) is 14.2. The van der Waals surface area contributed by atoms with E-state index in [-0.39, 0.29) is 5.97 Å². The zero-order chi connectivity index (χ0) is 24.1. The van der Waals surface area contributed by atoms with Crippen molar-refractivity contribution in [2.75, 3.05) is 46.2 Å². The molecular formula is C28H56O5. The molecule has 0 aromatic rings. The molecule has 0 aliphatic rings. The highest BCUT2D eigenvalue weighted by Gasteiger charge is 2.02. The van der Waals surface area contributed by atoms with E-state index in [0.29, 0.717) is 46.1 Å². The number of ether oxygens (including phenoxy) is 4. The van der Waals surface area contributed by atoms with Gasteiger partial charge in [0.2, 0.25) is 0 Å². The topological polar surface area (TPSA) is 54.0 Å². The summed E-state index contributed by atoms with van der Waals surface area (Å²) in [6, 6.07) is 0. The van der Waals surface area contributed by atoms with E-state index in [2.05, 4.69) is 13.8 Å². The second-order valence-electron chi connectivity index (χ2n) is 9.11. The van der Waals surface area contributed by atoms with E-state index in [1.165, 1.54) is 89.9 Å². The van der Waals surface area contributed by atoms with Crippen LogP contribution in [0.15, 0.2) is 0 Å². The Labute approximate surface area is 205 Å². The van der Waals surface area contributed by atoms with Crippen molar-refractivity contribution in [2.45, 2.75) is 129 Å². The fourth-order valence-corrected chi connectivity index (χ4v) is 3.75. The van der Waals surface area contributed by atoms with Crippen LogP contribution in [-0.4, -0.2) is 52.2 Å². The first-order valence-electron chi connectivity index (χ1n) is 14.2. The molecule has 0 heterocycles. The number of hydrogen-bond acceptors (Lipinski definition) is 5. The average Bonchev–Trinajstić information content (AvgIpc) is 2.82. The third-order valence-corrected chi connectivity index (χ3v) is 5.86. The van der Waals surface area contributed by atoms with Gasteiger partial charge in [-0.05, 0) is 12.8 Å². The molecule has 198 valence electrons. The number of rotatable bonds is 28. The normalized spacial score (nSPS) is 11.2. The molecule has 0 amide bonds. The molecule has 0 aromatic carbocycles. The lowest BCUT2D eigenvalue weighted by Gasteiger charge is -2.08. The minimum absolute atomic E-state index is 0.108. The van der Waals surface area contributed by atoms with Crippen LogP contribution in [0.4, 0.5) is 0 Å². The zero-order valence-corrected chi connectivity index (χ0v) is 22.2. The van der Waals surface area contributed by atoms with Gasteiger partial charge in [-0.1, -0.05) is 110 Å². The second-order valence-corrected chi connectivity index (χ2v) is 9.11. The van der Waals surface area contributed by atoms with Gasteiger partial charge >= 0.3 is 5.97 Å². The van der Waals surface area contributed by atoms with E-state index in [1.54, 1.807) is 0 Å². The Kier molecular flexibility index (Phi) is 28.8. The summed E-state index contributed by atoms with van der Waals surface area (Å²) in [7, 11) is 0. The largest absolute Gasteiger partial charge is 0.463 e. The molecule has 0 N–H and O–H groups in total. The molecule has 0 rings (SSSR count). The minimum Gasteiger partial charge on any atom is -0.463 e. The molecule has 5 heteroatoms. The molecular weight excluding hydrogens is 416 g/mol. The van der Waals surface area contributed by atoms with Crippen molar-refractivity contribution < 1.29 is 23.7 Å². The Morgan fingerprint density at radius 1 is 0.424 bits per heavy atom. The quantitative estimate of drug-likeness (QED) is 0.0865. The van der Waals surface area contributed by atoms with Gasteiger partial charge < -0.3 is 18.9 Å². The van der Waals surface area contributed by atoms with Crippen LogP contribution in [0.25, 0.3) is 0 Å². The third kappa shape index (κ3) is 29.3. The van der Waals surface area contributed by atoms with E-state index in [0.717, 1.165) is 25.9 Å². The SMILES string of the molecule is CCCCCCCCCCCCOCCOCCOCCOC(=O)CCCCCCCCC. The van der Waals surface area contributed by atoms with E-state index in [4.69, 9.17) is 18.9 Å². The lowest BCUT2D eigenvalue weighted by Crippen LogP contribution is -2.14. The molecule has 0 aliphatic heterocycles. The highest BCUT2D eigenvalue weighted by atomic mass is 16.6. The van der Waals surface area contributed by atoms with Crippen molar-refractivity contribution in [1.82, 2.24) is 0 Å². The molecule has 0 aliphatic carbocycles. The van der Waals surface area contributed by atoms with E-state index < -0.39 is 0 Å². The molecule has 0 aromatic heterocycles. The number of unbranched alkanes of at least 4 members (excludes halogenated alkanes) is 15. The summed E-state index contributed by atoms with van der Waals surface area (Å²) in [5.74, 6) is -0.108. The molecule has 0 saturated heterocycles. The van der Waals surface area contributed by atoms with Crippen molar-refractivity contribution in [1.29, 1.82) is 0 Å². The molecule has 0 fully saturated rings. The maximum Gasteiger partial charge on any atom is 0.305 e. The van der Waals surface area contributed by atoms with Gasteiger partial charge in [0.15, 0.2) is 0 Å². The van der Waals surface area contributed by atoms with Gasteiger partial charge in [0.25, 0.3) is 0 Å². The average molecular weight is 473 g/mol. The van der Waals surface area contributed by atoms with Crippen molar-refractivity contribution in [3.63, 3.8) is 0 Å². The Hall–Kier alpha value is -0.650. The van der Waals surface area contributed by atoms with Crippen LogP contribution in [0.5, 0.6) is 0 Å². The lowest BCUT2D eigenvalue weighted by molar-refractivity contribution is -0.145. The van der Waals surface area contributed by atoms with E-state index >= 15 is 0 Å². The standard InChI is InChI=1S/C28H56O5/c1-3-5-7-9-11-12-13-15-17-19-21-30-22-23-31-24-25-32-26-27-33-28(29)20-18-16-14-10-8-6-4-2/h3-27H2,1-2H3. The molecule has 5 nitrogen and oxygen atoms in total. The number of carbonyl (C=O) groups excluding carboxylic acids is 1. The summed E-state index contributed by atoms with van der Waals surface area (Å²) < 4.78 is 21.8. The van der Waals surface area contributed by atoms with Gasteiger partial charge in [-0.25, -0.2) is 0 Å². The van der Waals surface area contributed by atoms with E-state index in [9.17, 15) is 4.79 Å². The van der Waals surface area contributed by atoms with Gasteiger partial charge in [0.05, 0.1) is 33.0 Å². The fraction of sp³-hybridized carbons (Fsp3) is 0.964. The minimum atomic E-state index is -0.108. The van der Waals surface area contributed by atoms with Crippen LogP contribution in [-0.2, 0) is 23.7 Å². The number of carbonyl (C=O) groups is 1. The van der Waals surface area contributed by atoms with Crippen LogP contribution in [0, 0.1) is 0 Å². The highest BCUT2D eigenvalue weighted by molar-refractivity contribution is 5.69. The van der Waals surface area contributed by atoms with Crippen LogP contribution >= 0.6 is 0 Å². The molecule has 0 atom stereocenters. The first kappa shape index (κ1) is 32.4. The summed E-state index contributed by atoms with van der Waals surface area (Å²) in [4.78, 5) is 11.7. The smallest absolute Gasteiger partial charge is 0.305 e. The molecule has 0 unspecified atom stereocenters. The predicted octanol–water partition coefficient (Wildman–Crippen LogP) is 7.64. The molecule has 0 bridgehead atoms. The molecule has 0 radical (unpaired) electrons. The highest BCUT2D eigenvalue weighted by Crippen LogP contribution is 2.10. The van der Waals surface area contributed by atoms with Crippen LogP contribution < -0.4 is 0 Å². The summed E-state index contributed by atoms with van der Waals surface area (Å²) in [5, 5.41) is 0. The molecule has 0 spiro atoms. The van der Waals surface area contributed by atoms with Crippen molar-refractivity contribution in [2.24, 2.45) is 0 Å². The monoisotopic (exact) mass is 472 g/mol. The predicted molar refractivity (Wildman–Crippen MR) is 138 cm³/mol. The number of esters is 1. The summed E-state index contributed by atoms with van der Waals surface area (Å²) in [6.45, 7) is 8.41.